The summed E-state index contributed by atoms with van der Waals surface area (Å²) in [4.78, 5) is 24.9. The number of cyclic esters (lactones) is 1. The number of benzene rings is 1. The van der Waals surface area contributed by atoms with Crippen LogP contribution < -0.4 is 10.2 Å². The van der Waals surface area contributed by atoms with Gasteiger partial charge in [0, 0.05) is 18.2 Å². The van der Waals surface area contributed by atoms with E-state index in [1.165, 1.54) is 18.1 Å². The second kappa shape index (κ2) is 6.23. The van der Waals surface area contributed by atoms with E-state index in [1.807, 2.05) is 18.3 Å². The molecule has 0 spiro atoms. The molecule has 2 N–H and O–H groups in total. The van der Waals surface area contributed by atoms with Crippen molar-refractivity contribution >= 4 is 17.7 Å². The lowest BCUT2D eigenvalue weighted by Gasteiger charge is -2.16. The van der Waals surface area contributed by atoms with Crippen LogP contribution in [-0.4, -0.2) is 41.4 Å². The molecular formula is C18H20N4O3. The van der Waals surface area contributed by atoms with Gasteiger partial charge >= 0.3 is 6.09 Å². The second-order valence-corrected chi connectivity index (χ2v) is 6.52. The molecule has 2 aromatic rings. The fourth-order valence-corrected chi connectivity index (χ4v) is 3.50. The number of rotatable bonds is 3. The summed E-state index contributed by atoms with van der Waals surface area (Å²) in [6.45, 7) is 2.22. The fraction of sp³-hybridized carbons (Fsp3) is 0.389. The molecule has 2 heterocycles. The Labute approximate surface area is 145 Å². The van der Waals surface area contributed by atoms with Crippen molar-refractivity contribution in [2.24, 2.45) is 0 Å². The highest BCUT2D eigenvalue weighted by Crippen LogP contribution is 2.34. The Kier molecular flexibility index (Phi) is 3.91. The number of anilines is 1. The SMILES string of the molecule is CC(=O)NC[C@H]1CN(c2ccc3c(c2)CCCc2cn[nH]c2-3)C(=O)O1. The third-order valence-corrected chi connectivity index (χ3v) is 4.73. The third-order valence-electron chi connectivity index (χ3n) is 4.73. The van der Waals surface area contributed by atoms with Crippen molar-refractivity contribution in [2.75, 3.05) is 18.0 Å². The minimum atomic E-state index is -0.369. The number of aryl methyl sites for hydroxylation is 2. The normalized spacial score (nSPS) is 19.0. The molecule has 7 heteroatoms. The molecule has 0 unspecified atom stereocenters. The van der Waals surface area contributed by atoms with Gasteiger partial charge in [-0.25, -0.2) is 4.79 Å². The van der Waals surface area contributed by atoms with Crippen LogP contribution in [0.15, 0.2) is 24.4 Å². The Hall–Kier alpha value is -2.83. The summed E-state index contributed by atoms with van der Waals surface area (Å²) in [6.07, 6.45) is 4.21. The first-order valence-corrected chi connectivity index (χ1v) is 8.50. The molecule has 1 aliphatic carbocycles. The monoisotopic (exact) mass is 340 g/mol. The first-order chi connectivity index (χ1) is 12.1. The van der Waals surface area contributed by atoms with Gasteiger partial charge in [0.15, 0.2) is 0 Å². The van der Waals surface area contributed by atoms with E-state index < -0.39 is 0 Å². The number of ether oxygens (including phenoxy) is 1. The van der Waals surface area contributed by atoms with Gasteiger partial charge in [-0.05, 0) is 42.5 Å². The number of nitrogens with one attached hydrogen (secondary N) is 2. The molecule has 1 aliphatic heterocycles. The van der Waals surface area contributed by atoms with Crippen LogP contribution in [0.2, 0.25) is 0 Å². The van der Waals surface area contributed by atoms with Gasteiger partial charge in [0.1, 0.15) is 6.10 Å². The first kappa shape index (κ1) is 15.7. The number of H-pyrrole nitrogens is 1. The highest BCUT2D eigenvalue weighted by molar-refractivity contribution is 5.90. The number of nitrogens with zero attached hydrogens (tertiary/aromatic N) is 2. The molecule has 1 atom stereocenters. The van der Waals surface area contributed by atoms with Gasteiger partial charge < -0.3 is 10.1 Å². The minimum Gasteiger partial charge on any atom is -0.442 e. The maximum Gasteiger partial charge on any atom is 0.414 e. The summed E-state index contributed by atoms with van der Waals surface area (Å²) in [6, 6.07) is 6.05. The Morgan fingerprint density at radius 2 is 2.24 bits per heavy atom. The quantitative estimate of drug-likeness (QED) is 0.895. The van der Waals surface area contributed by atoms with Crippen LogP contribution in [0.3, 0.4) is 0 Å². The molecule has 25 heavy (non-hydrogen) atoms. The van der Waals surface area contributed by atoms with E-state index >= 15 is 0 Å². The van der Waals surface area contributed by atoms with Crippen molar-refractivity contribution in [1.29, 1.82) is 0 Å². The molecule has 4 rings (SSSR count). The highest BCUT2D eigenvalue weighted by Gasteiger charge is 2.32. The summed E-state index contributed by atoms with van der Waals surface area (Å²) in [7, 11) is 0. The van der Waals surface area contributed by atoms with Gasteiger partial charge in [-0.1, -0.05) is 6.07 Å². The van der Waals surface area contributed by atoms with Crippen molar-refractivity contribution < 1.29 is 14.3 Å². The molecule has 2 amide bonds. The molecule has 2 aliphatic rings. The van der Waals surface area contributed by atoms with Crippen LogP contribution in [-0.2, 0) is 22.4 Å². The lowest BCUT2D eigenvalue weighted by molar-refractivity contribution is -0.119. The standard InChI is InChI=1S/C18H20N4O3/c1-11(23)19-9-15-10-22(18(24)25-15)14-5-6-16-12(7-14)3-2-4-13-8-20-21-17(13)16/h5-8,15H,2-4,9-10H2,1H3,(H,19,23)(H,20,21)/t15-/m0/s1. The molecule has 1 aromatic heterocycles. The average molecular weight is 340 g/mol. The lowest BCUT2D eigenvalue weighted by Crippen LogP contribution is -2.33. The smallest absolute Gasteiger partial charge is 0.414 e. The zero-order chi connectivity index (χ0) is 17.4. The van der Waals surface area contributed by atoms with Gasteiger partial charge in [-0.3, -0.25) is 14.8 Å². The van der Waals surface area contributed by atoms with Crippen molar-refractivity contribution in [3.63, 3.8) is 0 Å². The predicted molar refractivity (Wildman–Crippen MR) is 92.3 cm³/mol. The summed E-state index contributed by atoms with van der Waals surface area (Å²) < 4.78 is 5.35. The number of carbonyl (C=O) groups excluding carboxylic acids is 2. The van der Waals surface area contributed by atoms with E-state index in [0.717, 1.165) is 36.2 Å². The van der Waals surface area contributed by atoms with Gasteiger partial charge in [-0.15, -0.1) is 0 Å². The molecule has 0 radical (unpaired) electrons. The van der Waals surface area contributed by atoms with E-state index in [2.05, 4.69) is 21.6 Å². The highest BCUT2D eigenvalue weighted by atomic mass is 16.6. The Morgan fingerprint density at radius 1 is 1.40 bits per heavy atom. The van der Waals surface area contributed by atoms with Crippen molar-refractivity contribution in [2.45, 2.75) is 32.3 Å². The van der Waals surface area contributed by atoms with Crippen LogP contribution in [0.25, 0.3) is 11.3 Å². The fourth-order valence-electron chi connectivity index (χ4n) is 3.50. The summed E-state index contributed by atoms with van der Waals surface area (Å²) >= 11 is 0. The minimum absolute atomic E-state index is 0.130. The zero-order valence-electron chi connectivity index (χ0n) is 14.0. The molecule has 1 saturated heterocycles. The summed E-state index contributed by atoms with van der Waals surface area (Å²) in [5.74, 6) is -0.130. The van der Waals surface area contributed by atoms with Gasteiger partial charge in [0.25, 0.3) is 0 Å². The number of aromatic amines is 1. The first-order valence-electron chi connectivity index (χ1n) is 8.50. The molecule has 1 fully saturated rings. The van der Waals surface area contributed by atoms with Gasteiger partial charge in [0.05, 0.1) is 25.0 Å². The van der Waals surface area contributed by atoms with E-state index in [1.54, 1.807) is 4.90 Å². The predicted octanol–water partition coefficient (Wildman–Crippen LogP) is 2.03. The van der Waals surface area contributed by atoms with E-state index in [9.17, 15) is 9.59 Å². The number of hydrogen-bond donors (Lipinski definition) is 2. The summed E-state index contributed by atoms with van der Waals surface area (Å²) in [5.41, 5.74) is 5.50. The summed E-state index contributed by atoms with van der Waals surface area (Å²) in [5, 5.41) is 9.94. The lowest BCUT2D eigenvalue weighted by atomic mass is 10.0. The maximum absolute atomic E-state index is 12.2. The van der Waals surface area contributed by atoms with Crippen LogP contribution >= 0.6 is 0 Å². The molecule has 7 nitrogen and oxygen atoms in total. The largest absolute Gasteiger partial charge is 0.442 e. The number of amides is 2. The Bertz CT molecular complexity index is 829. The molecule has 130 valence electrons. The average Bonchev–Trinajstić information content (AvgIpc) is 3.15. The third kappa shape index (κ3) is 2.97. The number of aromatic nitrogens is 2. The number of carbonyl (C=O) groups is 2. The number of hydrogen-bond acceptors (Lipinski definition) is 4. The van der Waals surface area contributed by atoms with Crippen molar-refractivity contribution in [3.05, 3.63) is 35.5 Å². The van der Waals surface area contributed by atoms with Crippen molar-refractivity contribution in [1.82, 2.24) is 15.5 Å². The molecule has 0 saturated carbocycles. The van der Waals surface area contributed by atoms with Crippen LogP contribution in [0.1, 0.15) is 24.5 Å². The van der Waals surface area contributed by atoms with Crippen molar-refractivity contribution in [3.8, 4) is 11.3 Å². The number of fused-ring (bicyclic) bond motifs is 3. The van der Waals surface area contributed by atoms with Crippen LogP contribution in [0.5, 0.6) is 0 Å². The van der Waals surface area contributed by atoms with Gasteiger partial charge in [0.2, 0.25) is 5.91 Å². The second-order valence-electron chi connectivity index (χ2n) is 6.52. The topological polar surface area (TPSA) is 87.3 Å². The Morgan fingerprint density at radius 3 is 3.08 bits per heavy atom. The molecular weight excluding hydrogens is 320 g/mol. The zero-order valence-corrected chi connectivity index (χ0v) is 14.0. The van der Waals surface area contributed by atoms with E-state index in [-0.39, 0.29) is 18.1 Å². The van der Waals surface area contributed by atoms with Crippen LogP contribution in [0.4, 0.5) is 10.5 Å². The van der Waals surface area contributed by atoms with Crippen LogP contribution in [0, 0.1) is 0 Å². The maximum atomic E-state index is 12.2. The van der Waals surface area contributed by atoms with E-state index in [4.69, 9.17) is 4.74 Å². The molecule has 0 bridgehead atoms. The molecule has 1 aromatic carbocycles. The van der Waals surface area contributed by atoms with E-state index in [0.29, 0.717) is 13.1 Å². The van der Waals surface area contributed by atoms with Gasteiger partial charge in [-0.2, -0.15) is 5.10 Å². The Balaban J connectivity index is 1.58.